The number of pyridine rings is 1. The van der Waals surface area contributed by atoms with Crippen molar-refractivity contribution in [1.29, 1.82) is 0 Å². The van der Waals surface area contributed by atoms with Gasteiger partial charge in [0.05, 0.1) is 17.3 Å². The van der Waals surface area contributed by atoms with Crippen molar-refractivity contribution < 1.29 is 27.9 Å². The monoisotopic (exact) mass is 610 g/mol. The Kier molecular flexibility index (Phi) is 6.78. The van der Waals surface area contributed by atoms with Crippen LogP contribution in [-0.2, 0) is 14.3 Å². The van der Waals surface area contributed by atoms with E-state index in [0.29, 0.717) is 42.6 Å². The number of halogens is 4. The van der Waals surface area contributed by atoms with Gasteiger partial charge >= 0.3 is 17.9 Å². The van der Waals surface area contributed by atoms with Gasteiger partial charge < -0.3 is 9.72 Å². The zero-order valence-electron chi connectivity index (χ0n) is 21.2. The van der Waals surface area contributed by atoms with Crippen molar-refractivity contribution in [3.05, 3.63) is 104 Å². The summed E-state index contributed by atoms with van der Waals surface area (Å²) in [6.45, 7) is 0. The standard InChI is InChI=1S/C29H18Cl2F2N4O5/c30-16-9-5-14(6-10-16)21-13-20(36-37(21)27(40)29(32,33)24-26(39)35-28(41)42-24)23-22(15-7-11-17(31)12-8-15)18-3-1-2-4-19(18)34-25(23)38/h1-12,21,24H,13H2,(H,34,38)(H,35,39,41). The van der Waals surface area contributed by atoms with Crippen molar-refractivity contribution in [2.75, 3.05) is 0 Å². The summed E-state index contributed by atoms with van der Waals surface area (Å²) >= 11 is 12.1. The number of carbonyl (C=O) groups excluding carboxylic acids is 3. The third-order valence-corrected chi connectivity index (χ3v) is 7.52. The molecule has 1 fully saturated rings. The highest BCUT2D eigenvalue weighted by Gasteiger charge is 2.60. The summed E-state index contributed by atoms with van der Waals surface area (Å²) in [5.74, 6) is -7.83. The second-order valence-corrected chi connectivity index (χ2v) is 10.5. The molecule has 13 heteroatoms. The molecule has 1 aromatic heterocycles. The number of nitrogens with zero attached hydrogens (tertiary/aromatic N) is 2. The lowest BCUT2D eigenvalue weighted by Crippen LogP contribution is -2.51. The van der Waals surface area contributed by atoms with Crippen molar-refractivity contribution in [2.24, 2.45) is 5.10 Å². The van der Waals surface area contributed by atoms with Gasteiger partial charge in [-0.25, -0.2) is 9.80 Å². The molecule has 6 rings (SSSR count). The van der Waals surface area contributed by atoms with Crippen LogP contribution >= 0.6 is 23.2 Å². The minimum atomic E-state index is -4.48. The molecule has 4 aromatic rings. The van der Waals surface area contributed by atoms with Gasteiger partial charge in [0, 0.05) is 32.9 Å². The Labute approximate surface area is 245 Å². The van der Waals surface area contributed by atoms with E-state index < -0.39 is 41.5 Å². The van der Waals surface area contributed by atoms with Crippen LogP contribution in [0.2, 0.25) is 10.0 Å². The zero-order valence-corrected chi connectivity index (χ0v) is 22.7. The Balaban J connectivity index is 1.53. The number of hydrogen-bond acceptors (Lipinski definition) is 6. The van der Waals surface area contributed by atoms with E-state index in [1.807, 2.05) is 0 Å². The molecule has 2 unspecified atom stereocenters. The van der Waals surface area contributed by atoms with E-state index in [9.17, 15) is 19.2 Å². The molecule has 2 aliphatic heterocycles. The SMILES string of the molecule is O=C1NC(=O)C(C(F)(F)C(=O)N2N=C(c3c(-c4ccc(Cl)cc4)c4ccccc4[nH]c3=O)CC2c2ccc(Cl)cc2)O1. The third kappa shape index (κ3) is 4.70. The predicted octanol–water partition coefficient (Wildman–Crippen LogP) is 5.45. The van der Waals surface area contributed by atoms with Crippen LogP contribution in [0.4, 0.5) is 13.6 Å². The molecule has 9 nitrogen and oxygen atoms in total. The fourth-order valence-electron chi connectivity index (χ4n) is 5.09. The number of cyclic esters (lactones) is 1. The van der Waals surface area contributed by atoms with Gasteiger partial charge in [-0.05, 0) is 41.5 Å². The van der Waals surface area contributed by atoms with E-state index in [2.05, 4.69) is 14.8 Å². The number of alkyl halides is 2. The number of hydrogen-bond donors (Lipinski definition) is 2. The fourth-order valence-corrected chi connectivity index (χ4v) is 5.34. The van der Waals surface area contributed by atoms with Gasteiger partial charge in [-0.3, -0.25) is 19.7 Å². The molecule has 0 radical (unpaired) electrons. The Bertz CT molecular complexity index is 1860. The normalized spacial score (nSPS) is 18.7. The minimum absolute atomic E-state index is 0.0453. The van der Waals surface area contributed by atoms with E-state index in [-0.39, 0.29) is 17.7 Å². The van der Waals surface area contributed by atoms with Crippen LogP contribution in [0.25, 0.3) is 22.0 Å². The summed E-state index contributed by atoms with van der Waals surface area (Å²) in [4.78, 5) is 53.2. The molecular formula is C29H18Cl2F2N4O5. The Morgan fingerprint density at radius 1 is 0.929 bits per heavy atom. The quantitative estimate of drug-likeness (QED) is 0.311. The molecule has 212 valence electrons. The number of ether oxygens (including phenoxy) is 1. The molecule has 3 amide bonds. The zero-order chi connectivity index (χ0) is 29.8. The maximum atomic E-state index is 15.5. The van der Waals surface area contributed by atoms with Gasteiger partial charge in [0.1, 0.15) is 0 Å². The molecule has 2 atom stereocenters. The lowest BCUT2D eigenvalue weighted by molar-refractivity contribution is -0.176. The summed E-state index contributed by atoms with van der Waals surface area (Å²) in [6, 6.07) is 18.8. The molecule has 3 heterocycles. The summed E-state index contributed by atoms with van der Waals surface area (Å²) in [5, 5.41) is 7.86. The molecule has 42 heavy (non-hydrogen) atoms. The van der Waals surface area contributed by atoms with Crippen LogP contribution < -0.4 is 10.9 Å². The number of benzene rings is 3. The highest BCUT2D eigenvalue weighted by molar-refractivity contribution is 6.31. The van der Waals surface area contributed by atoms with Gasteiger partial charge in [-0.1, -0.05) is 65.7 Å². The first-order chi connectivity index (χ1) is 20.0. The van der Waals surface area contributed by atoms with Crippen LogP contribution in [0.3, 0.4) is 0 Å². The molecular weight excluding hydrogens is 593 g/mol. The molecule has 3 aromatic carbocycles. The second-order valence-electron chi connectivity index (χ2n) is 9.62. The number of aromatic nitrogens is 1. The second kappa shape index (κ2) is 10.3. The number of hydrazone groups is 1. The topological polar surface area (TPSA) is 121 Å². The lowest BCUT2D eigenvalue weighted by atomic mass is 9.91. The predicted molar refractivity (Wildman–Crippen MR) is 151 cm³/mol. The van der Waals surface area contributed by atoms with Gasteiger partial charge in [0.15, 0.2) is 0 Å². The lowest BCUT2D eigenvalue weighted by Gasteiger charge is -2.27. The van der Waals surface area contributed by atoms with Crippen LogP contribution in [0.5, 0.6) is 0 Å². The number of H-pyrrole nitrogens is 1. The highest BCUT2D eigenvalue weighted by Crippen LogP contribution is 2.40. The molecule has 0 bridgehead atoms. The van der Waals surface area contributed by atoms with Crippen molar-refractivity contribution >= 4 is 57.7 Å². The van der Waals surface area contributed by atoms with Crippen LogP contribution in [-0.4, -0.2) is 45.6 Å². The summed E-state index contributed by atoms with van der Waals surface area (Å²) in [7, 11) is 0. The summed E-state index contributed by atoms with van der Waals surface area (Å²) in [6.07, 6.45) is -4.22. The number of para-hydroxylation sites is 1. The van der Waals surface area contributed by atoms with Crippen molar-refractivity contribution in [2.45, 2.75) is 24.5 Å². The van der Waals surface area contributed by atoms with Gasteiger partial charge in [0.2, 0.25) is 0 Å². The number of imide groups is 1. The van der Waals surface area contributed by atoms with Gasteiger partial charge in [-0.15, -0.1) is 0 Å². The maximum Gasteiger partial charge on any atom is 0.414 e. The number of alkyl carbamates (subject to hydrolysis) is 1. The summed E-state index contributed by atoms with van der Waals surface area (Å²) in [5.41, 5.74) is 1.54. The number of carbonyl (C=O) groups is 3. The van der Waals surface area contributed by atoms with Crippen LogP contribution in [0, 0.1) is 0 Å². The third-order valence-electron chi connectivity index (χ3n) is 7.02. The largest absolute Gasteiger partial charge is 0.429 e. The van der Waals surface area contributed by atoms with E-state index in [1.54, 1.807) is 53.8 Å². The van der Waals surface area contributed by atoms with E-state index in [1.165, 1.54) is 24.3 Å². The van der Waals surface area contributed by atoms with Crippen molar-refractivity contribution in [3.63, 3.8) is 0 Å². The molecule has 0 aliphatic carbocycles. The first-order valence-corrected chi connectivity index (χ1v) is 13.3. The Hall–Kier alpha value is -4.61. The molecule has 1 saturated heterocycles. The van der Waals surface area contributed by atoms with E-state index in [4.69, 9.17) is 23.2 Å². The number of fused-ring (bicyclic) bond motifs is 1. The Morgan fingerprint density at radius 2 is 1.57 bits per heavy atom. The summed E-state index contributed by atoms with van der Waals surface area (Å²) < 4.78 is 35.3. The van der Waals surface area contributed by atoms with E-state index >= 15 is 8.78 Å². The molecule has 2 aliphatic rings. The number of aromatic amines is 1. The number of nitrogens with one attached hydrogen (secondary N) is 2. The smallest absolute Gasteiger partial charge is 0.414 e. The first kappa shape index (κ1) is 27.6. The van der Waals surface area contributed by atoms with Crippen LogP contribution in [0.1, 0.15) is 23.6 Å². The van der Waals surface area contributed by atoms with E-state index in [0.717, 1.165) is 0 Å². The first-order valence-electron chi connectivity index (χ1n) is 12.5. The minimum Gasteiger partial charge on any atom is -0.429 e. The number of amides is 3. The highest BCUT2D eigenvalue weighted by atomic mass is 35.5. The molecule has 2 N–H and O–H groups in total. The van der Waals surface area contributed by atoms with Gasteiger partial charge in [-0.2, -0.15) is 13.9 Å². The van der Waals surface area contributed by atoms with Crippen molar-refractivity contribution in [1.82, 2.24) is 15.3 Å². The molecule has 0 spiro atoms. The molecule has 0 saturated carbocycles. The maximum absolute atomic E-state index is 15.5. The van der Waals surface area contributed by atoms with Gasteiger partial charge in [0.25, 0.3) is 17.6 Å². The van der Waals surface area contributed by atoms with Crippen molar-refractivity contribution in [3.8, 4) is 11.1 Å². The van der Waals surface area contributed by atoms with Crippen LogP contribution in [0.15, 0.2) is 82.7 Å². The Morgan fingerprint density at radius 3 is 2.21 bits per heavy atom. The fraction of sp³-hybridized carbons (Fsp3) is 0.138. The average Bonchev–Trinajstić information content (AvgIpc) is 3.55. The average molecular weight is 611 g/mol. The number of rotatable bonds is 5.